The summed E-state index contributed by atoms with van der Waals surface area (Å²) in [5.41, 5.74) is 0. The Morgan fingerprint density at radius 3 is 1.73 bits per heavy atom. The molecule has 11 heavy (non-hydrogen) atoms. The molecule has 0 bridgehead atoms. The third kappa shape index (κ3) is 26.5. The first-order valence-corrected chi connectivity index (χ1v) is 2.29. The average Bonchev–Trinajstić information content (AvgIpc) is 2.51. The van der Waals surface area contributed by atoms with Crippen LogP contribution in [0, 0.1) is 13.5 Å². The van der Waals surface area contributed by atoms with Crippen LogP contribution in [0.2, 0.25) is 0 Å². The topological polar surface area (TPSA) is 34.1 Å². The second-order valence-corrected chi connectivity index (χ2v) is 1.00. The van der Waals surface area contributed by atoms with Crippen LogP contribution in [0.4, 0.5) is 0 Å². The fourth-order valence-electron chi connectivity index (χ4n) is 0.340. The predicted octanol–water partition coefficient (Wildman–Crippen LogP) is 1.38. The van der Waals surface area contributed by atoms with E-state index in [1.54, 1.807) is 0 Å². The first-order valence-electron chi connectivity index (χ1n) is 2.29. The molecule has 0 saturated heterocycles. The Morgan fingerprint density at radius 2 is 1.64 bits per heavy atom. The Labute approximate surface area is 81.1 Å². The SMILES string of the molecule is C=O.C=O.[C-]1=CC=CC1.[CH3-].[Ru+2]. The maximum Gasteiger partial charge on any atom is 2.00 e. The van der Waals surface area contributed by atoms with E-state index in [-0.39, 0.29) is 26.9 Å². The average molecular weight is 241 g/mol. The number of carbonyl (C=O) groups is 2. The maximum atomic E-state index is 8.00. The molecule has 0 saturated carbocycles. The molecule has 0 aromatic carbocycles. The van der Waals surface area contributed by atoms with Crippen LogP contribution >= 0.6 is 0 Å². The summed E-state index contributed by atoms with van der Waals surface area (Å²) in [5.74, 6) is 0. The zero-order chi connectivity index (χ0) is 7.54. The summed E-state index contributed by atoms with van der Waals surface area (Å²) in [6.07, 6.45) is 10.0. The van der Waals surface area contributed by atoms with Gasteiger partial charge in [0.15, 0.2) is 0 Å². The van der Waals surface area contributed by atoms with Crippen molar-refractivity contribution in [3.63, 3.8) is 0 Å². The zero-order valence-corrected chi connectivity index (χ0v) is 8.26. The molecule has 1 aliphatic rings. The summed E-state index contributed by atoms with van der Waals surface area (Å²) >= 11 is 0. The van der Waals surface area contributed by atoms with E-state index in [0.717, 1.165) is 6.42 Å². The Balaban J connectivity index is -0.0000000369. The summed E-state index contributed by atoms with van der Waals surface area (Å²) in [5, 5.41) is 0. The maximum absolute atomic E-state index is 8.00. The standard InChI is InChI=1S/C5H5.2CH2O.CH3.Ru/c1-2-4-5-3-1;2*1-2;;/h1-3H,4H2;2*1H2;1H3;/q-1;;;-1;+2. The van der Waals surface area contributed by atoms with Gasteiger partial charge in [-0.15, -0.1) is 6.42 Å². The van der Waals surface area contributed by atoms with Crippen LogP contribution in [0.1, 0.15) is 6.42 Å². The van der Waals surface area contributed by atoms with Crippen molar-refractivity contribution >= 4 is 13.6 Å². The Morgan fingerprint density at radius 1 is 1.18 bits per heavy atom. The minimum Gasteiger partial charge on any atom is -0.358 e. The van der Waals surface area contributed by atoms with Crippen LogP contribution in [0.25, 0.3) is 0 Å². The van der Waals surface area contributed by atoms with E-state index in [1.807, 2.05) is 25.7 Å². The number of allylic oxidation sites excluding steroid dienone is 4. The van der Waals surface area contributed by atoms with Crippen LogP contribution in [0.15, 0.2) is 18.2 Å². The van der Waals surface area contributed by atoms with Crippen molar-refractivity contribution in [1.82, 2.24) is 0 Å². The molecule has 0 aromatic rings. The number of hydrogen-bond acceptors (Lipinski definition) is 2. The van der Waals surface area contributed by atoms with Crippen LogP contribution < -0.4 is 0 Å². The molecule has 0 heterocycles. The molecule has 3 heteroatoms. The van der Waals surface area contributed by atoms with Crippen molar-refractivity contribution in [3.05, 3.63) is 31.7 Å². The third-order valence-electron chi connectivity index (χ3n) is 0.586. The Kier molecular flexibility index (Phi) is 69.5. The molecule has 0 spiro atoms. The molecule has 1 aliphatic carbocycles. The number of carbonyl (C=O) groups excluding carboxylic acids is 2. The van der Waals surface area contributed by atoms with Gasteiger partial charge in [0, 0.05) is 0 Å². The van der Waals surface area contributed by atoms with E-state index in [1.165, 1.54) is 0 Å². The molecular formula is C8H12O2Ru. The normalized spacial score (nSPS) is 8.73. The van der Waals surface area contributed by atoms with Gasteiger partial charge in [-0.2, -0.15) is 6.08 Å². The van der Waals surface area contributed by atoms with Gasteiger partial charge in [0.25, 0.3) is 0 Å². The van der Waals surface area contributed by atoms with Gasteiger partial charge in [-0.05, 0) is 0 Å². The molecular weight excluding hydrogens is 229 g/mol. The van der Waals surface area contributed by atoms with Crippen molar-refractivity contribution < 1.29 is 29.1 Å². The molecule has 0 N–H and O–H groups in total. The van der Waals surface area contributed by atoms with E-state index in [2.05, 4.69) is 12.2 Å². The van der Waals surface area contributed by atoms with E-state index in [0.29, 0.717) is 0 Å². The van der Waals surface area contributed by atoms with E-state index >= 15 is 0 Å². The molecule has 0 fully saturated rings. The van der Waals surface area contributed by atoms with Gasteiger partial charge in [-0.1, -0.05) is 0 Å². The van der Waals surface area contributed by atoms with Gasteiger partial charge in [0.05, 0.1) is 0 Å². The van der Waals surface area contributed by atoms with Crippen LogP contribution in [0.5, 0.6) is 0 Å². The molecule has 0 radical (unpaired) electrons. The molecule has 2 nitrogen and oxygen atoms in total. The first kappa shape index (κ1) is 22.4. The van der Waals surface area contributed by atoms with E-state index < -0.39 is 0 Å². The zero-order valence-electron chi connectivity index (χ0n) is 6.52. The van der Waals surface area contributed by atoms with E-state index in [9.17, 15) is 0 Å². The van der Waals surface area contributed by atoms with Gasteiger partial charge in [-0.3, -0.25) is 6.08 Å². The molecule has 64 valence electrons. The van der Waals surface area contributed by atoms with Crippen molar-refractivity contribution in [2.24, 2.45) is 0 Å². The number of rotatable bonds is 0. The van der Waals surface area contributed by atoms with Crippen molar-refractivity contribution in [2.75, 3.05) is 0 Å². The monoisotopic (exact) mass is 242 g/mol. The van der Waals surface area contributed by atoms with Crippen molar-refractivity contribution in [2.45, 2.75) is 6.42 Å². The van der Waals surface area contributed by atoms with Gasteiger partial charge in [0.2, 0.25) is 0 Å². The quantitative estimate of drug-likeness (QED) is 0.474. The fraction of sp³-hybridized carbons (Fsp3) is 0.125. The third-order valence-corrected chi connectivity index (χ3v) is 0.586. The van der Waals surface area contributed by atoms with E-state index in [4.69, 9.17) is 9.59 Å². The Hall–Kier alpha value is -0.557. The molecule has 1 rings (SSSR count). The summed E-state index contributed by atoms with van der Waals surface area (Å²) in [6.45, 7) is 4.00. The van der Waals surface area contributed by atoms with Gasteiger partial charge < -0.3 is 17.0 Å². The summed E-state index contributed by atoms with van der Waals surface area (Å²) in [4.78, 5) is 16.0. The summed E-state index contributed by atoms with van der Waals surface area (Å²) in [7, 11) is 0. The van der Waals surface area contributed by atoms with Crippen LogP contribution in [-0.4, -0.2) is 13.6 Å². The molecule has 0 aromatic heterocycles. The minimum absolute atomic E-state index is 0. The second-order valence-electron chi connectivity index (χ2n) is 1.00. The largest absolute Gasteiger partial charge is 2.00 e. The Bertz CT molecular complexity index is 88.3. The van der Waals surface area contributed by atoms with Gasteiger partial charge in [0.1, 0.15) is 13.6 Å². The predicted molar refractivity (Wildman–Crippen MR) is 42.2 cm³/mol. The summed E-state index contributed by atoms with van der Waals surface area (Å²) in [6, 6.07) is 0. The molecule has 0 aliphatic heterocycles. The molecule has 0 atom stereocenters. The molecule has 0 unspecified atom stereocenters. The van der Waals surface area contributed by atoms with Crippen LogP contribution in [0.3, 0.4) is 0 Å². The fourth-order valence-corrected chi connectivity index (χ4v) is 0.340. The van der Waals surface area contributed by atoms with Gasteiger partial charge in [-0.25, -0.2) is 12.2 Å². The first-order chi connectivity index (χ1) is 4.50. The number of hydrogen-bond donors (Lipinski definition) is 0. The van der Waals surface area contributed by atoms with Crippen LogP contribution in [-0.2, 0) is 29.1 Å². The minimum atomic E-state index is 0. The molecule has 0 amide bonds. The summed E-state index contributed by atoms with van der Waals surface area (Å²) < 4.78 is 0. The smallest absolute Gasteiger partial charge is 0.358 e. The van der Waals surface area contributed by atoms with Crippen molar-refractivity contribution in [1.29, 1.82) is 0 Å². The second kappa shape index (κ2) is 34.1. The van der Waals surface area contributed by atoms with Gasteiger partial charge >= 0.3 is 19.5 Å². The van der Waals surface area contributed by atoms with Crippen molar-refractivity contribution in [3.8, 4) is 0 Å².